The Balaban J connectivity index is 1.59. The van der Waals surface area contributed by atoms with Crippen LogP contribution in [0.5, 0.6) is 5.75 Å². The Morgan fingerprint density at radius 2 is 1.79 bits per heavy atom. The average Bonchev–Trinajstić information content (AvgIpc) is 3.44. The van der Waals surface area contributed by atoms with Gasteiger partial charge in [-0.15, -0.1) is 5.10 Å². The molecule has 1 atom stereocenters. The van der Waals surface area contributed by atoms with Gasteiger partial charge in [-0.2, -0.15) is 0 Å². The van der Waals surface area contributed by atoms with E-state index >= 15 is 0 Å². The number of hydrogen-bond donors (Lipinski definition) is 1. The van der Waals surface area contributed by atoms with Gasteiger partial charge in [-0.1, -0.05) is 35.4 Å². The highest BCUT2D eigenvalue weighted by molar-refractivity contribution is 5.94. The maximum absolute atomic E-state index is 12.8. The van der Waals surface area contributed by atoms with Gasteiger partial charge in [0.05, 0.1) is 7.11 Å². The maximum atomic E-state index is 12.8. The number of nitrogens with one attached hydrogen (secondary N) is 1. The van der Waals surface area contributed by atoms with Crippen molar-refractivity contribution >= 4 is 11.9 Å². The number of methoxy groups -OCH3 is 1. The Labute approximate surface area is 163 Å². The predicted octanol–water partition coefficient (Wildman–Crippen LogP) is 3.20. The Morgan fingerprint density at radius 3 is 2.46 bits per heavy atom. The van der Waals surface area contributed by atoms with Gasteiger partial charge in [0.2, 0.25) is 5.89 Å². The zero-order valence-electron chi connectivity index (χ0n) is 15.7. The molecule has 1 aliphatic rings. The highest BCUT2D eigenvalue weighted by atomic mass is 16.5. The Hall–Kier alpha value is -3.35. The molecule has 0 aliphatic carbocycles. The quantitative estimate of drug-likeness (QED) is 0.709. The van der Waals surface area contributed by atoms with E-state index in [-0.39, 0.29) is 5.91 Å². The lowest BCUT2D eigenvalue weighted by molar-refractivity contribution is 0.0938. The number of benzene rings is 2. The van der Waals surface area contributed by atoms with Crippen LogP contribution in [0.2, 0.25) is 0 Å². The standard InChI is InChI=1S/C21H22N4O3/c1-27-17-11-9-16(10-12-17)19(26)22-18(15-7-3-2-4-8-15)20-23-24-21(28-20)25-13-5-6-14-25/h2-4,7-12,18H,5-6,13-14H2,1H3,(H,22,26)/t18-/m0/s1. The number of anilines is 1. The lowest BCUT2D eigenvalue weighted by Crippen LogP contribution is -2.29. The summed E-state index contributed by atoms with van der Waals surface area (Å²) in [5.41, 5.74) is 1.40. The Bertz CT molecular complexity index is 918. The summed E-state index contributed by atoms with van der Waals surface area (Å²) in [4.78, 5) is 14.9. The molecule has 0 radical (unpaired) electrons. The molecule has 1 fully saturated rings. The molecule has 144 valence electrons. The summed E-state index contributed by atoms with van der Waals surface area (Å²) in [5.74, 6) is 0.843. The van der Waals surface area contributed by atoms with E-state index in [0.29, 0.717) is 23.2 Å². The van der Waals surface area contributed by atoms with Crippen molar-refractivity contribution in [3.8, 4) is 5.75 Å². The Kier molecular flexibility index (Phi) is 5.23. The summed E-state index contributed by atoms with van der Waals surface area (Å²) in [6.45, 7) is 1.83. The molecule has 1 amide bonds. The van der Waals surface area contributed by atoms with Crippen LogP contribution in [0.1, 0.15) is 40.7 Å². The fourth-order valence-corrected chi connectivity index (χ4v) is 3.27. The van der Waals surface area contributed by atoms with Gasteiger partial charge < -0.3 is 19.4 Å². The summed E-state index contributed by atoms with van der Waals surface area (Å²) in [7, 11) is 1.59. The predicted molar refractivity (Wildman–Crippen MR) is 104 cm³/mol. The number of carbonyl (C=O) groups excluding carboxylic acids is 1. The van der Waals surface area contributed by atoms with Crippen LogP contribution in [0.25, 0.3) is 0 Å². The second kappa shape index (κ2) is 8.12. The van der Waals surface area contributed by atoms with Crippen molar-refractivity contribution in [1.82, 2.24) is 15.5 Å². The second-order valence-electron chi connectivity index (χ2n) is 6.66. The van der Waals surface area contributed by atoms with Gasteiger partial charge in [0, 0.05) is 18.7 Å². The first-order valence-corrected chi connectivity index (χ1v) is 9.33. The topological polar surface area (TPSA) is 80.5 Å². The first kappa shape index (κ1) is 18.0. The molecule has 0 unspecified atom stereocenters. The molecule has 0 saturated carbocycles. The molecule has 3 aromatic rings. The SMILES string of the molecule is COc1ccc(C(=O)N[C@@H](c2ccccc2)c2nnc(N3CCCC3)o2)cc1. The van der Waals surface area contributed by atoms with Gasteiger partial charge in [0.1, 0.15) is 11.8 Å². The molecule has 7 nitrogen and oxygen atoms in total. The molecule has 1 aromatic heterocycles. The first-order valence-electron chi connectivity index (χ1n) is 9.33. The maximum Gasteiger partial charge on any atom is 0.318 e. The number of aromatic nitrogens is 2. The highest BCUT2D eigenvalue weighted by Crippen LogP contribution is 2.26. The molecule has 0 spiro atoms. The normalized spacial score (nSPS) is 14.7. The second-order valence-corrected chi connectivity index (χ2v) is 6.66. The zero-order valence-corrected chi connectivity index (χ0v) is 15.7. The molecule has 4 rings (SSSR count). The number of carbonyl (C=O) groups is 1. The van der Waals surface area contributed by atoms with Gasteiger partial charge >= 0.3 is 6.01 Å². The fourth-order valence-electron chi connectivity index (χ4n) is 3.27. The minimum atomic E-state index is -0.528. The fraction of sp³-hybridized carbons (Fsp3) is 0.286. The summed E-state index contributed by atoms with van der Waals surface area (Å²) in [5, 5.41) is 11.4. The van der Waals surface area contributed by atoms with Crippen LogP contribution in [0, 0.1) is 0 Å². The van der Waals surface area contributed by atoms with Crippen LogP contribution >= 0.6 is 0 Å². The van der Waals surface area contributed by atoms with E-state index in [2.05, 4.69) is 20.4 Å². The molecule has 28 heavy (non-hydrogen) atoms. The minimum absolute atomic E-state index is 0.225. The smallest absolute Gasteiger partial charge is 0.318 e. The van der Waals surface area contributed by atoms with Gasteiger partial charge in [0.15, 0.2) is 0 Å². The van der Waals surface area contributed by atoms with Crippen LogP contribution < -0.4 is 15.0 Å². The first-order chi connectivity index (χ1) is 13.7. The van der Waals surface area contributed by atoms with Crippen LogP contribution in [-0.4, -0.2) is 36.3 Å². The van der Waals surface area contributed by atoms with E-state index in [1.54, 1.807) is 31.4 Å². The molecule has 7 heteroatoms. The lowest BCUT2D eigenvalue weighted by atomic mass is 10.1. The van der Waals surface area contributed by atoms with E-state index in [0.717, 1.165) is 31.5 Å². The molecule has 2 aromatic carbocycles. The van der Waals surface area contributed by atoms with E-state index in [4.69, 9.17) is 9.15 Å². The molecule has 1 N–H and O–H groups in total. The van der Waals surface area contributed by atoms with Crippen molar-refractivity contribution in [2.75, 3.05) is 25.1 Å². The highest BCUT2D eigenvalue weighted by Gasteiger charge is 2.26. The number of ether oxygens (including phenoxy) is 1. The molecule has 1 aliphatic heterocycles. The van der Waals surface area contributed by atoms with Crippen molar-refractivity contribution in [1.29, 1.82) is 0 Å². The number of hydrogen-bond acceptors (Lipinski definition) is 6. The van der Waals surface area contributed by atoms with E-state index < -0.39 is 6.04 Å². The monoisotopic (exact) mass is 378 g/mol. The summed E-state index contributed by atoms with van der Waals surface area (Å²) < 4.78 is 11.1. The van der Waals surface area contributed by atoms with Crippen LogP contribution in [0.4, 0.5) is 6.01 Å². The Morgan fingerprint density at radius 1 is 1.07 bits per heavy atom. The minimum Gasteiger partial charge on any atom is -0.497 e. The average molecular weight is 378 g/mol. The van der Waals surface area contributed by atoms with Crippen molar-refractivity contribution < 1.29 is 13.9 Å². The van der Waals surface area contributed by atoms with Gasteiger partial charge in [-0.3, -0.25) is 4.79 Å². The molecule has 0 bridgehead atoms. The third-order valence-corrected chi connectivity index (χ3v) is 4.81. The van der Waals surface area contributed by atoms with Gasteiger partial charge in [-0.05, 0) is 42.7 Å². The van der Waals surface area contributed by atoms with Crippen molar-refractivity contribution in [3.63, 3.8) is 0 Å². The molecular formula is C21H22N4O3. The zero-order chi connectivity index (χ0) is 19.3. The van der Waals surface area contributed by atoms with E-state index in [9.17, 15) is 4.79 Å². The number of amides is 1. The third-order valence-electron chi connectivity index (χ3n) is 4.81. The third kappa shape index (κ3) is 3.83. The van der Waals surface area contributed by atoms with Gasteiger partial charge in [0.25, 0.3) is 5.91 Å². The van der Waals surface area contributed by atoms with Crippen LogP contribution in [-0.2, 0) is 0 Å². The molecule has 2 heterocycles. The van der Waals surface area contributed by atoms with Crippen molar-refractivity contribution in [2.45, 2.75) is 18.9 Å². The van der Waals surface area contributed by atoms with E-state index in [1.165, 1.54) is 0 Å². The van der Waals surface area contributed by atoms with Crippen molar-refractivity contribution in [2.24, 2.45) is 0 Å². The summed E-state index contributed by atoms with van der Waals surface area (Å²) in [6, 6.07) is 16.5. The van der Waals surface area contributed by atoms with Crippen molar-refractivity contribution in [3.05, 3.63) is 71.6 Å². The number of rotatable bonds is 6. The van der Waals surface area contributed by atoms with Gasteiger partial charge in [-0.25, -0.2) is 0 Å². The molecular weight excluding hydrogens is 356 g/mol. The summed E-state index contributed by atoms with van der Waals surface area (Å²) >= 11 is 0. The largest absolute Gasteiger partial charge is 0.497 e. The van der Waals surface area contributed by atoms with Crippen LogP contribution in [0.3, 0.4) is 0 Å². The number of nitrogens with zero attached hydrogens (tertiary/aromatic N) is 3. The van der Waals surface area contributed by atoms with E-state index in [1.807, 2.05) is 30.3 Å². The lowest BCUT2D eigenvalue weighted by Gasteiger charge is -2.16. The van der Waals surface area contributed by atoms with Crippen LogP contribution in [0.15, 0.2) is 59.0 Å². The molecule has 1 saturated heterocycles. The summed E-state index contributed by atoms with van der Waals surface area (Å²) in [6.07, 6.45) is 2.24.